The van der Waals surface area contributed by atoms with Gasteiger partial charge in [-0.1, -0.05) is 13.8 Å². The predicted octanol–water partition coefficient (Wildman–Crippen LogP) is 1.48. The van der Waals surface area contributed by atoms with Gasteiger partial charge >= 0.3 is 5.97 Å². The summed E-state index contributed by atoms with van der Waals surface area (Å²) in [6.45, 7) is 5.61. The zero-order valence-electron chi connectivity index (χ0n) is 9.06. The van der Waals surface area contributed by atoms with Crippen LogP contribution in [0.4, 0.5) is 5.82 Å². The van der Waals surface area contributed by atoms with E-state index in [1.54, 1.807) is 13.0 Å². The largest absolute Gasteiger partial charge is 0.480 e. The van der Waals surface area contributed by atoms with E-state index >= 15 is 0 Å². The van der Waals surface area contributed by atoms with Gasteiger partial charge in [-0.05, 0) is 12.8 Å². The molecule has 1 atom stereocenters. The molecule has 0 fully saturated rings. The van der Waals surface area contributed by atoms with Gasteiger partial charge in [-0.25, -0.2) is 9.97 Å². The Morgan fingerprint density at radius 3 is 2.60 bits per heavy atom. The summed E-state index contributed by atoms with van der Waals surface area (Å²) in [5, 5.41) is 11.5. The number of rotatable bonds is 4. The molecule has 2 N–H and O–H groups in total. The van der Waals surface area contributed by atoms with Crippen LogP contribution in [0.3, 0.4) is 0 Å². The first-order valence-corrected chi connectivity index (χ1v) is 4.82. The molecule has 0 aromatic carbocycles. The summed E-state index contributed by atoms with van der Waals surface area (Å²) in [5.74, 6) is -0.0583. The first-order chi connectivity index (χ1) is 7.00. The van der Waals surface area contributed by atoms with Gasteiger partial charge in [-0.2, -0.15) is 0 Å². The van der Waals surface area contributed by atoms with E-state index in [9.17, 15) is 4.79 Å². The standard InChI is InChI=1S/C10H15N3O2/c1-6(2)8-4-9(12-5-11-8)13-7(3)10(14)15/h4-7H,1-3H3,(H,14,15)(H,11,12,13). The van der Waals surface area contributed by atoms with Crippen molar-refractivity contribution in [3.05, 3.63) is 18.1 Å². The van der Waals surface area contributed by atoms with Crippen LogP contribution in [0, 0.1) is 0 Å². The Labute approximate surface area is 88.6 Å². The van der Waals surface area contributed by atoms with Crippen molar-refractivity contribution in [2.75, 3.05) is 5.32 Å². The van der Waals surface area contributed by atoms with Gasteiger partial charge in [0.15, 0.2) is 0 Å². The fraction of sp³-hybridized carbons (Fsp3) is 0.500. The predicted molar refractivity (Wildman–Crippen MR) is 56.8 cm³/mol. The van der Waals surface area contributed by atoms with Crippen molar-refractivity contribution in [2.45, 2.75) is 32.7 Å². The van der Waals surface area contributed by atoms with Crippen LogP contribution in [0.5, 0.6) is 0 Å². The Hall–Kier alpha value is -1.65. The summed E-state index contributed by atoms with van der Waals surface area (Å²) in [6, 6.07) is 1.12. The third-order valence-corrected chi connectivity index (χ3v) is 2.01. The highest BCUT2D eigenvalue weighted by atomic mass is 16.4. The van der Waals surface area contributed by atoms with Gasteiger partial charge in [0.2, 0.25) is 0 Å². The maximum atomic E-state index is 10.6. The zero-order chi connectivity index (χ0) is 11.4. The summed E-state index contributed by atoms with van der Waals surface area (Å²) in [4.78, 5) is 18.7. The Bertz CT molecular complexity index is 352. The molecule has 1 aromatic rings. The summed E-state index contributed by atoms with van der Waals surface area (Å²) < 4.78 is 0. The number of aliphatic carboxylic acids is 1. The molecule has 0 bridgehead atoms. The van der Waals surface area contributed by atoms with Crippen LogP contribution in [0.15, 0.2) is 12.4 Å². The molecule has 1 unspecified atom stereocenters. The number of carbonyl (C=O) groups is 1. The molecule has 15 heavy (non-hydrogen) atoms. The van der Waals surface area contributed by atoms with Crippen molar-refractivity contribution < 1.29 is 9.90 Å². The van der Waals surface area contributed by atoms with E-state index in [-0.39, 0.29) is 0 Å². The first-order valence-electron chi connectivity index (χ1n) is 4.82. The second-order valence-corrected chi connectivity index (χ2v) is 3.69. The van der Waals surface area contributed by atoms with Crippen LogP contribution >= 0.6 is 0 Å². The minimum absolute atomic E-state index is 0.300. The van der Waals surface area contributed by atoms with E-state index in [1.165, 1.54) is 6.33 Å². The third-order valence-electron chi connectivity index (χ3n) is 2.01. The van der Waals surface area contributed by atoms with Gasteiger partial charge in [-0.3, -0.25) is 4.79 Å². The van der Waals surface area contributed by atoms with Crippen LogP contribution in [0.1, 0.15) is 32.4 Å². The molecule has 0 saturated carbocycles. The molecule has 0 aliphatic rings. The monoisotopic (exact) mass is 209 g/mol. The zero-order valence-corrected chi connectivity index (χ0v) is 9.06. The lowest BCUT2D eigenvalue weighted by atomic mass is 10.1. The second-order valence-electron chi connectivity index (χ2n) is 3.69. The Kier molecular flexibility index (Phi) is 3.60. The summed E-state index contributed by atoms with van der Waals surface area (Å²) >= 11 is 0. The van der Waals surface area contributed by atoms with Crippen LogP contribution < -0.4 is 5.32 Å². The molecule has 0 aliphatic heterocycles. The fourth-order valence-electron chi connectivity index (χ4n) is 1.05. The average molecular weight is 209 g/mol. The average Bonchev–Trinajstić information content (AvgIpc) is 2.18. The summed E-state index contributed by atoms with van der Waals surface area (Å²) in [7, 11) is 0. The number of aromatic nitrogens is 2. The molecular weight excluding hydrogens is 194 g/mol. The third kappa shape index (κ3) is 3.19. The number of nitrogens with zero attached hydrogens (tertiary/aromatic N) is 2. The van der Waals surface area contributed by atoms with Crippen LogP contribution in [-0.2, 0) is 4.79 Å². The Balaban J connectivity index is 2.78. The molecule has 0 radical (unpaired) electrons. The van der Waals surface area contributed by atoms with Crippen molar-refractivity contribution in [3.63, 3.8) is 0 Å². The van der Waals surface area contributed by atoms with E-state index in [4.69, 9.17) is 5.11 Å². The molecule has 0 spiro atoms. The summed E-state index contributed by atoms with van der Waals surface area (Å²) in [6.07, 6.45) is 1.44. The van der Waals surface area contributed by atoms with Crippen molar-refractivity contribution in [2.24, 2.45) is 0 Å². The summed E-state index contributed by atoms with van der Waals surface area (Å²) in [5.41, 5.74) is 0.894. The van der Waals surface area contributed by atoms with E-state index in [2.05, 4.69) is 15.3 Å². The maximum absolute atomic E-state index is 10.6. The van der Waals surface area contributed by atoms with E-state index in [0.717, 1.165) is 5.69 Å². The van der Waals surface area contributed by atoms with Crippen molar-refractivity contribution >= 4 is 11.8 Å². The van der Waals surface area contributed by atoms with Crippen molar-refractivity contribution in [3.8, 4) is 0 Å². The minimum atomic E-state index is -0.903. The van der Waals surface area contributed by atoms with Crippen LogP contribution in [0.25, 0.3) is 0 Å². The normalized spacial score (nSPS) is 12.5. The highest BCUT2D eigenvalue weighted by molar-refractivity contribution is 5.76. The van der Waals surface area contributed by atoms with Crippen molar-refractivity contribution in [1.82, 2.24) is 9.97 Å². The van der Waals surface area contributed by atoms with Gasteiger partial charge in [0.1, 0.15) is 18.2 Å². The fourth-order valence-corrected chi connectivity index (χ4v) is 1.05. The molecule has 1 rings (SSSR count). The van der Waals surface area contributed by atoms with Gasteiger partial charge in [0.05, 0.1) is 0 Å². The Morgan fingerprint density at radius 2 is 2.07 bits per heavy atom. The number of anilines is 1. The van der Waals surface area contributed by atoms with Gasteiger partial charge in [0, 0.05) is 11.8 Å². The van der Waals surface area contributed by atoms with E-state index in [0.29, 0.717) is 11.7 Å². The molecule has 1 heterocycles. The quantitative estimate of drug-likeness (QED) is 0.785. The Morgan fingerprint density at radius 1 is 1.40 bits per heavy atom. The van der Waals surface area contributed by atoms with Gasteiger partial charge in [0.25, 0.3) is 0 Å². The molecule has 0 saturated heterocycles. The lowest BCUT2D eigenvalue weighted by Gasteiger charge is -2.11. The lowest BCUT2D eigenvalue weighted by Crippen LogP contribution is -2.26. The van der Waals surface area contributed by atoms with Crippen molar-refractivity contribution in [1.29, 1.82) is 0 Å². The number of nitrogens with one attached hydrogen (secondary N) is 1. The second kappa shape index (κ2) is 4.72. The van der Waals surface area contributed by atoms with Crippen LogP contribution in [0.2, 0.25) is 0 Å². The topological polar surface area (TPSA) is 75.1 Å². The van der Waals surface area contributed by atoms with Gasteiger partial charge in [-0.15, -0.1) is 0 Å². The molecule has 5 nitrogen and oxygen atoms in total. The van der Waals surface area contributed by atoms with Crippen LogP contribution in [-0.4, -0.2) is 27.1 Å². The number of carboxylic acid groups (broad SMARTS) is 1. The van der Waals surface area contributed by atoms with Gasteiger partial charge < -0.3 is 10.4 Å². The molecule has 5 heteroatoms. The maximum Gasteiger partial charge on any atom is 0.325 e. The minimum Gasteiger partial charge on any atom is -0.480 e. The smallest absolute Gasteiger partial charge is 0.325 e. The number of hydrogen-bond acceptors (Lipinski definition) is 4. The van der Waals surface area contributed by atoms with E-state index < -0.39 is 12.0 Å². The number of carboxylic acids is 1. The molecule has 0 aliphatic carbocycles. The highest BCUT2D eigenvalue weighted by Crippen LogP contribution is 2.14. The first kappa shape index (κ1) is 11.4. The molecule has 1 aromatic heterocycles. The lowest BCUT2D eigenvalue weighted by molar-refractivity contribution is -0.137. The van der Waals surface area contributed by atoms with E-state index in [1.807, 2.05) is 13.8 Å². The molecule has 0 amide bonds. The molecule has 82 valence electrons. The highest BCUT2D eigenvalue weighted by Gasteiger charge is 2.11. The SMILES string of the molecule is CC(Nc1cc(C(C)C)ncn1)C(=O)O. The number of hydrogen-bond donors (Lipinski definition) is 2. The molecular formula is C10H15N3O2.